The number of hydrogen-bond donors (Lipinski definition) is 0. The molecule has 27 heavy (non-hydrogen) atoms. The number of nitrogens with zero attached hydrogens (tertiary/aromatic N) is 3. The molecule has 0 saturated carbocycles. The number of thiophene rings is 1. The van der Waals surface area contributed by atoms with Gasteiger partial charge in [0.25, 0.3) is 5.91 Å². The van der Waals surface area contributed by atoms with Crippen molar-refractivity contribution in [2.45, 2.75) is 25.2 Å². The quantitative estimate of drug-likeness (QED) is 0.688. The molecule has 0 radical (unpaired) electrons. The summed E-state index contributed by atoms with van der Waals surface area (Å²) in [6, 6.07) is 15.1. The van der Waals surface area contributed by atoms with Crippen LogP contribution < -0.4 is 0 Å². The van der Waals surface area contributed by atoms with Gasteiger partial charge >= 0.3 is 0 Å². The van der Waals surface area contributed by atoms with Crippen molar-refractivity contribution in [2.24, 2.45) is 0 Å². The van der Waals surface area contributed by atoms with Crippen molar-refractivity contribution in [1.82, 2.24) is 14.4 Å². The molecule has 3 aromatic rings. The molecule has 6 heteroatoms. The minimum Gasteiger partial charge on any atom is -0.337 e. The number of likely N-dealkylation sites (tertiary alicyclic amines) is 1. The third-order valence-electron chi connectivity index (χ3n) is 5.58. The molecular weight excluding hydrogens is 361 g/mol. The summed E-state index contributed by atoms with van der Waals surface area (Å²) < 4.78 is 15.3. The first-order chi connectivity index (χ1) is 13.2. The van der Waals surface area contributed by atoms with Crippen molar-refractivity contribution in [1.29, 1.82) is 0 Å². The van der Waals surface area contributed by atoms with Gasteiger partial charge in [0.05, 0.1) is 18.6 Å². The fraction of sp³-hybridized carbons (Fsp3) is 0.286. The molecule has 1 saturated heterocycles. The largest absolute Gasteiger partial charge is 0.337 e. The van der Waals surface area contributed by atoms with Gasteiger partial charge in [-0.05, 0) is 41.3 Å². The van der Waals surface area contributed by atoms with Crippen LogP contribution in [-0.4, -0.2) is 39.4 Å². The van der Waals surface area contributed by atoms with Crippen molar-refractivity contribution < 1.29 is 9.18 Å². The van der Waals surface area contributed by atoms with Gasteiger partial charge in [0.1, 0.15) is 11.5 Å². The van der Waals surface area contributed by atoms with E-state index in [1.165, 1.54) is 17.0 Å². The third-order valence-corrected chi connectivity index (χ3v) is 6.44. The molecule has 1 amide bonds. The zero-order chi connectivity index (χ0) is 18.4. The predicted octanol–water partition coefficient (Wildman–Crippen LogP) is 3.77. The lowest BCUT2D eigenvalue weighted by atomic mass is 10.1. The summed E-state index contributed by atoms with van der Waals surface area (Å²) in [5, 5.41) is 2.05. The normalized spacial score (nSPS) is 22.1. The zero-order valence-corrected chi connectivity index (χ0v) is 15.6. The van der Waals surface area contributed by atoms with Crippen molar-refractivity contribution in [3.8, 4) is 0 Å². The minimum absolute atomic E-state index is 0.110. The molecule has 138 valence electrons. The molecule has 2 aromatic heterocycles. The van der Waals surface area contributed by atoms with Crippen LogP contribution in [0.25, 0.3) is 0 Å². The third kappa shape index (κ3) is 2.99. The summed E-state index contributed by atoms with van der Waals surface area (Å²) in [6.07, 6.45) is 2.02. The van der Waals surface area contributed by atoms with E-state index in [-0.39, 0.29) is 23.8 Å². The standard InChI is InChI=1S/C21H20FN3OS/c22-16-7-5-15(6-8-16)11-23-13-19-20(14-23)25(12-17-3-2-10-27-17)21(26)18-4-1-9-24(18)19/h1-10,19-20H,11-14H2/t19-,20+/m0/s1. The maximum atomic E-state index is 13.2. The average molecular weight is 381 g/mol. The molecule has 5 rings (SSSR count). The van der Waals surface area contributed by atoms with E-state index in [1.54, 1.807) is 11.3 Å². The number of amides is 1. The summed E-state index contributed by atoms with van der Waals surface area (Å²) in [5.74, 6) is -0.100. The molecule has 2 aliphatic rings. The van der Waals surface area contributed by atoms with Crippen LogP contribution in [-0.2, 0) is 13.1 Å². The molecule has 4 heterocycles. The van der Waals surface area contributed by atoms with Crippen molar-refractivity contribution in [3.63, 3.8) is 0 Å². The Balaban J connectivity index is 1.42. The van der Waals surface area contributed by atoms with Crippen molar-refractivity contribution in [2.75, 3.05) is 13.1 Å². The molecule has 1 aromatic carbocycles. The Morgan fingerprint density at radius 2 is 1.81 bits per heavy atom. The SMILES string of the molecule is O=C1c2cccn2[C@H]2CN(Cc3ccc(F)cc3)C[C@H]2N1Cc1cccs1. The maximum absolute atomic E-state index is 13.2. The van der Waals surface area contributed by atoms with Gasteiger partial charge in [-0.15, -0.1) is 11.3 Å². The first-order valence-electron chi connectivity index (χ1n) is 9.16. The molecule has 0 spiro atoms. The van der Waals surface area contributed by atoms with E-state index >= 15 is 0 Å². The fourth-order valence-electron chi connectivity index (χ4n) is 4.33. The lowest BCUT2D eigenvalue weighted by molar-refractivity contribution is 0.0559. The molecular formula is C21H20FN3OS. The Kier molecular flexibility index (Phi) is 4.10. The lowest BCUT2D eigenvalue weighted by Crippen LogP contribution is -2.49. The molecule has 1 fully saturated rings. The van der Waals surface area contributed by atoms with Gasteiger partial charge < -0.3 is 9.47 Å². The Hall–Kier alpha value is -2.44. The van der Waals surface area contributed by atoms with E-state index in [4.69, 9.17) is 0 Å². The summed E-state index contributed by atoms with van der Waals surface area (Å²) >= 11 is 1.69. The number of carbonyl (C=O) groups is 1. The summed E-state index contributed by atoms with van der Waals surface area (Å²) in [4.78, 5) is 18.7. The molecule has 4 nitrogen and oxygen atoms in total. The summed E-state index contributed by atoms with van der Waals surface area (Å²) in [5.41, 5.74) is 1.87. The number of hydrogen-bond acceptors (Lipinski definition) is 3. The monoisotopic (exact) mass is 381 g/mol. The number of fused-ring (bicyclic) bond motifs is 3. The molecule has 0 aliphatic carbocycles. The van der Waals surface area contributed by atoms with E-state index in [2.05, 4.69) is 20.9 Å². The van der Waals surface area contributed by atoms with E-state index in [0.29, 0.717) is 6.54 Å². The van der Waals surface area contributed by atoms with Crippen LogP contribution in [0.4, 0.5) is 4.39 Å². The first-order valence-corrected chi connectivity index (χ1v) is 10.0. The van der Waals surface area contributed by atoms with Gasteiger partial charge in [-0.3, -0.25) is 9.69 Å². The van der Waals surface area contributed by atoms with Gasteiger partial charge in [-0.1, -0.05) is 18.2 Å². The van der Waals surface area contributed by atoms with Crippen LogP contribution in [0.3, 0.4) is 0 Å². The highest BCUT2D eigenvalue weighted by molar-refractivity contribution is 7.09. The topological polar surface area (TPSA) is 28.5 Å². The summed E-state index contributed by atoms with van der Waals surface area (Å²) in [6.45, 7) is 3.15. The second-order valence-corrected chi connectivity index (χ2v) is 8.30. The van der Waals surface area contributed by atoms with Crippen LogP contribution in [0, 0.1) is 5.82 Å². The number of benzene rings is 1. The van der Waals surface area contributed by atoms with Gasteiger partial charge in [0.15, 0.2) is 0 Å². The van der Waals surface area contributed by atoms with Crippen molar-refractivity contribution >= 4 is 17.2 Å². The van der Waals surface area contributed by atoms with Crippen molar-refractivity contribution in [3.05, 3.63) is 82.1 Å². The van der Waals surface area contributed by atoms with E-state index in [0.717, 1.165) is 30.9 Å². The lowest BCUT2D eigenvalue weighted by Gasteiger charge is -2.38. The smallest absolute Gasteiger partial charge is 0.271 e. The Labute approximate surface area is 161 Å². The highest BCUT2D eigenvalue weighted by Gasteiger charge is 2.44. The zero-order valence-electron chi connectivity index (χ0n) is 14.8. The van der Waals surface area contributed by atoms with Gasteiger partial charge in [-0.25, -0.2) is 4.39 Å². The van der Waals surface area contributed by atoms with E-state index in [9.17, 15) is 9.18 Å². The maximum Gasteiger partial charge on any atom is 0.271 e. The average Bonchev–Trinajstić information content (AvgIpc) is 3.40. The number of aromatic nitrogens is 1. The Morgan fingerprint density at radius 3 is 2.59 bits per heavy atom. The van der Waals surface area contributed by atoms with Crippen LogP contribution in [0.1, 0.15) is 27.0 Å². The number of rotatable bonds is 4. The highest BCUT2D eigenvalue weighted by atomic mass is 32.1. The second-order valence-electron chi connectivity index (χ2n) is 7.27. The van der Waals surface area contributed by atoms with Crippen LogP contribution >= 0.6 is 11.3 Å². The van der Waals surface area contributed by atoms with E-state index in [1.807, 2.05) is 41.4 Å². The molecule has 0 unspecified atom stereocenters. The number of halogens is 1. The fourth-order valence-corrected chi connectivity index (χ4v) is 5.03. The van der Waals surface area contributed by atoms with Gasteiger partial charge in [-0.2, -0.15) is 0 Å². The minimum atomic E-state index is -0.210. The van der Waals surface area contributed by atoms with Crippen LogP contribution in [0.15, 0.2) is 60.1 Å². The first kappa shape index (κ1) is 16.7. The van der Waals surface area contributed by atoms with Crippen LogP contribution in [0.5, 0.6) is 0 Å². The molecule has 0 bridgehead atoms. The molecule has 2 atom stereocenters. The van der Waals surface area contributed by atoms with Gasteiger partial charge in [0, 0.05) is 30.7 Å². The van der Waals surface area contributed by atoms with E-state index < -0.39 is 0 Å². The number of carbonyl (C=O) groups excluding carboxylic acids is 1. The predicted molar refractivity (Wildman–Crippen MR) is 103 cm³/mol. The Bertz CT molecular complexity index is 950. The summed E-state index contributed by atoms with van der Waals surface area (Å²) in [7, 11) is 0. The Morgan fingerprint density at radius 1 is 1.00 bits per heavy atom. The van der Waals surface area contributed by atoms with Crippen LogP contribution in [0.2, 0.25) is 0 Å². The highest BCUT2D eigenvalue weighted by Crippen LogP contribution is 2.35. The van der Waals surface area contributed by atoms with Gasteiger partial charge in [0.2, 0.25) is 0 Å². The molecule has 0 N–H and O–H groups in total. The second kappa shape index (κ2) is 6.62. The molecule has 2 aliphatic heterocycles.